The van der Waals surface area contributed by atoms with Crippen LogP contribution in [0.2, 0.25) is 0 Å². The lowest BCUT2D eigenvalue weighted by Gasteiger charge is -2.12. The van der Waals surface area contributed by atoms with E-state index < -0.39 is 11.8 Å². The van der Waals surface area contributed by atoms with Gasteiger partial charge in [-0.15, -0.1) is 0 Å². The molecule has 3 amide bonds. The summed E-state index contributed by atoms with van der Waals surface area (Å²) < 4.78 is 5.38. The lowest BCUT2D eigenvalue weighted by molar-refractivity contribution is -0.136. The quantitative estimate of drug-likeness (QED) is 0.462. The van der Waals surface area contributed by atoms with Crippen LogP contribution in [-0.4, -0.2) is 24.3 Å². The Morgan fingerprint density at radius 2 is 1.36 bits per heavy atom. The summed E-state index contributed by atoms with van der Waals surface area (Å²) in [5.74, 6) is -1.25. The molecule has 0 radical (unpaired) electrons. The molecule has 3 N–H and O–H groups in total. The highest BCUT2D eigenvalue weighted by atomic mass is 16.5. The lowest BCUT2D eigenvalue weighted by atomic mass is 10.1. The van der Waals surface area contributed by atoms with Gasteiger partial charge in [0, 0.05) is 13.1 Å². The van der Waals surface area contributed by atoms with Gasteiger partial charge in [-0.2, -0.15) is 0 Å². The summed E-state index contributed by atoms with van der Waals surface area (Å²) in [5, 5.41) is 7.94. The molecule has 0 aromatic heterocycles. The molecule has 170 valence electrons. The van der Waals surface area contributed by atoms with Crippen molar-refractivity contribution >= 4 is 23.4 Å². The van der Waals surface area contributed by atoms with Crippen molar-refractivity contribution in [2.24, 2.45) is 0 Å². The number of benzene rings is 3. The van der Waals surface area contributed by atoms with E-state index in [9.17, 15) is 14.4 Å². The maximum atomic E-state index is 12.7. The molecule has 0 aliphatic rings. The second kappa shape index (κ2) is 11.5. The third-order valence-corrected chi connectivity index (χ3v) is 4.89. The minimum Gasteiger partial charge on any atom is -0.494 e. The van der Waals surface area contributed by atoms with Crippen LogP contribution < -0.4 is 20.7 Å². The Kier molecular flexibility index (Phi) is 8.18. The number of hydrogen-bond donors (Lipinski definition) is 3. The topological polar surface area (TPSA) is 96.5 Å². The molecule has 7 heteroatoms. The molecule has 0 heterocycles. The zero-order valence-corrected chi connectivity index (χ0v) is 18.7. The van der Waals surface area contributed by atoms with Crippen molar-refractivity contribution in [2.75, 3.05) is 11.9 Å². The van der Waals surface area contributed by atoms with E-state index in [0.717, 1.165) is 22.4 Å². The molecule has 0 spiro atoms. The third kappa shape index (κ3) is 6.93. The Morgan fingerprint density at radius 1 is 0.758 bits per heavy atom. The molecule has 0 saturated heterocycles. The van der Waals surface area contributed by atoms with Crippen molar-refractivity contribution in [2.45, 2.75) is 26.9 Å². The van der Waals surface area contributed by atoms with Crippen LogP contribution in [-0.2, 0) is 22.7 Å². The molecule has 7 nitrogen and oxygen atoms in total. The number of carbonyl (C=O) groups is 3. The highest BCUT2D eigenvalue weighted by molar-refractivity contribution is 6.40. The van der Waals surface area contributed by atoms with E-state index in [1.54, 1.807) is 36.4 Å². The van der Waals surface area contributed by atoms with Crippen LogP contribution in [0.15, 0.2) is 72.8 Å². The fraction of sp³-hybridized carbons (Fsp3) is 0.192. The SMILES string of the molecule is CCOc1ccc(CNC(=O)C(=O)Nc2ccccc2C(=O)NCc2ccc(C)cc2)cc1. The molecule has 0 bridgehead atoms. The van der Waals surface area contributed by atoms with Crippen LogP contribution in [0, 0.1) is 6.92 Å². The minimum absolute atomic E-state index is 0.192. The predicted octanol–water partition coefficient (Wildman–Crippen LogP) is 3.58. The van der Waals surface area contributed by atoms with Crippen molar-refractivity contribution in [3.05, 3.63) is 95.1 Å². The molecule has 3 aromatic carbocycles. The standard InChI is InChI=1S/C26H27N3O4/c1-3-33-21-14-12-20(13-15-21)17-28-25(31)26(32)29-23-7-5-4-6-22(23)24(30)27-16-19-10-8-18(2)9-11-19/h4-15H,3,16-17H2,1-2H3,(H,27,30)(H,28,31)(H,29,32). The Hall–Kier alpha value is -4.13. The van der Waals surface area contributed by atoms with E-state index >= 15 is 0 Å². The summed E-state index contributed by atoms with van der Waals surface area (Å²) in [6, 6.07) is 21.6. The average Bonchev–Trinajstić information content (AvgIpc) is 2.83. The first kappa shape index (κ1) is 23.5. The summed E-state index contributed by atoms with van der Waals surface area (Å²) in [4.78, 5) is 37.3. The van der Waals surface area contributed by atoms with Gasteiger partial charge in [-0.25, -0.2) is 0 Å². The molecule has 3 rings (SSSR count). The Bertz CT molecular complexity index is 1110. The fourth-order valence-corrected chi connectivity index (χ4v) is 3.09. The van der Waals surface area contributed by atoms with E-state index in [0.29, 0.717) is 13.2 Å². The first-order valence-corrected chi connectivity index (χ1v) is 10.7. The number of para-hydroxylation sites is 1. The van der Waals surface area contributed by atoms with E-state index in [1.807, 2.05) is 50.2 Å². The molecule has 0 aliphatic heterocycles. The zero-order valence-electron chi connectivity index (χ0n) is 18.7. The van der Waals surface area contributed by atoms with Crippen LogP contribution in [0.5, 0.6) is 5.75 Å². The zero-order chi connectivity index (χ0) is 23.6. The van der Waals surface area contributed by atoms with Gasteiger partial charge in [-0.1, -0.05) is 54.1 Å². The van der Waals surface area contributed by atoms with Crippen molar-refractivity contribution in [1.29, 1.82) is 0 Å². The van der Waals surface area contributed by atoms with E-state index in [1.165, 1.54) is 0 Å². The lowest BCUT2D eigenvalue weighted by Crippen LogP contribution is -2.35. The van der Waals surface area contributed by atoms with Gasteiger partial charge in [-0.05, 0) is 49.2 Å². The molecule has 0 aliphatic carbocycles. The smallest absolute Gasteiger partial charge is 0.313 e. The molecular weight excluding hydrogens is 418 g/mol. The number of amides is 3. The summed E-state index contributed by atoms with van der Waals surface area (Å²) in [5.41, 5.74) is 3.47. The van der Waals surface area contributed by atoms with Gasteiger partial charge in [0.05, 0.1) is 17.9 Å². The summed E-state index contributed by atoms with van der Waals surface area (Å²) >= 11 is 0. The molecule has 0 atom stereocenters. The van der Waals surface area contributed by atoms with E-state index in [4.69, 9.17) is 4.74 Å². The highest BCUT2D eigenvalue weighted by Crippen LogP contribution is 2.16. The van der Waals surface area contributed by atoms with Crippen molar-refractivity contribution in [1.82, 2.24) is 10.6 Å². The number of nitrogens with one attached hydrogen (secondary N) is 3. The number of ether oxygens (including phenoxy) is 1. The van der Waals surface area contributed by atoms with Crippen LogP contribution in [0.4, 0.5) is 5.69 Å². The summed E-state index contributed by atoms with van der Waals surface area (Å²) in [6.07, 6.45) is 0. The van der Waals surface area contributed by atoms with Crippen molar-refractivity contribution in [3.63, 3.8) is 0 Å². The monoisotopic (exact) mass is 445 g/mol. The fourth-order valence-electron chi connectivity index (χ4n) is 3.09. The van der Waals surface area contributed by atoms with Gasteiger partial charge in [0.2, 0.25) is 0 Å². The van der Waals surface area contributed by atoms with Crippen LogP contribution in [0.25, 0.3) is 0 Å². The Balaban J connectivity index is 1.56. The number of aryl methyl sites for hydroxylation is 1. The van der Waals surface area contributed by atoms with Crippen LogP contribution >= 0.6 is 0 Å². The number of carbonyl (C=O) groups excluding carboxylic acids is 3. The molecular formula is C26H27N3O4. The third-order valence-electron chi connectivity index (χ3n) is 4.89. The van der Waals surface area contributed by atoms with Gasteiger partial charge >= 0.3 is 11.8 Å². The number of anilines is 1. The molecule has 0 fully saturated rings. The second-order valence-electron chi connectivity index (χ2n) is 7.43. The van der Waals surface area contributed by atoms with Gasteiger partial charge < -0.3 is 20.7 Å². The largest absolute Gasteiger partial charge is 0.494 e. The van der Waals surface area contributed by atoms with Crippen molar-refractivity contribution < 1.29 is 19.1 Å². The molecule has 0 saturated carbocycles. The van der Waals surface area contributed by atoms with Crippen molar-refractivity contribution in [3.8, 4) is 5.75 Å². The maximum Gasteiger partial charge on any atom is 0.313 e. The van der Waals surface area contributed by atoms with Gasteiger partial charge in [0.1, 0.15) is 5.75 Å². The number of hydrogen-bond acceptors (Lipinski definition) is 4. The maximum absolute atomic E-state index is 12.7. The van der Waals surface area contributed by atoms with Crippen LogP contribution in [0.1, 0.15) is 34.0 Å². The Morgan fingerprint density at radius 3 is 2.03 bits per heavy atom. The minimum atomic E-state index is -0.847. The second-order valence-corrected chi connectivity index (χ2v) is 7.43. The summed E-state index contributed by atoms with van der Waals surface area (Å²) in [7, 11) is 0. The molecule has 3 aromatic rings. The first-order valence-electron chi connectivity index (χ1n) is 10.7. The van der Waals surface area contributed by atoms with E-state index in [-0.39, 0.29) is 23.7 Å². The van der Waals surface area contributed by atoms with Gasteiger partial charge in [0.25, 0.3) is 5.91 Å². The molecule has 33 heavy (non-hydrogen) atoms. The first-order chi connectivity index (χ1) is 16.0. The van der Waals surface area contributed by atoms with Gasteiger partial charge in [0.15, 0.2) is 0 Å². The van der Waals surface area contributed by atoms with Crippen LogP contribution in [0.3, 0.4) is 0 Å². The highest BCUT2D eigenvalue weighted by Gasteiger charge is 2.17. The average molecular weight is 446 g/mol. The molecule has 0 unspecified atom stereocenters. The normalized spacial score (nSPS) is 10.2. The Labute approximate surface area is 193 Å². The predicted molar refractivity (Wildman–Crippen MR) is 127 cm³/mol. The van der Waals surface area contributed by atoms with E-state index in [2.05, 4.69) is 16.0 Å². The summed E-state index contributed by atoms with van der Waals surface area (Å²) in [6.45, 7) is 5.01. The van der Waals surface area contributed by atoms with Gasteiger partial charge in [-0.3, -0.25) is 14.4 Å². The number of rotatable bonds is 8.